The fraction of sp³-hybridized carbons (Fsp3) is 0.846. The zero-order chi connectivity index (χ0) is 22.3. The molecule has 0 aromatic heterocycles. The second kappa shape index (κ2) is 14.6. The second-order valence-corrected chi connectivity index (χ2v) is 9.57. The minimum atomic E-state index is -1.01. The van der Waals surface area contributed by atoms with E-state index in [0.717, 1.165) is 44.9 Å². The summed E-state index contributed by atoms with van der Waals surface area (Å²) in [5, 5.41) is 20.0. The van der Waals surface area contributed by atoms with Crippen molar-refractivity contribution >= 4 is 11.9 Å². The Labute approximate surface area is 184 Å². The molecular weight excluding hydrogens is 376 g/mol. The smallest absolute Gasteiger partial charge is 0.313 e. The van der Waals surface area contributed by atoms with Crippen molar-refractivity contribution in [3.63, 3.8) is 0 Å². The number of hydrogen-bond donors (Lipinski definition) is 2. The maximum atomic E-state index is 12.2. The van der Waals surface area contributed by atoms with Crippen LogP contribution in [0.1, 0.15) is 129 Å². The van der Waals surface area contributed by atoms with Gasteiger partial charge in [0, 0.05) is 0 Å². The normalized spacial score (nSPS) is 23.5. The summed E-state index contributed by atoms with van der Waals surface area (Å²) in [6, 6.07) is 0. The van der Waals surface area contributed by atoms with Crippen LogP contribution in [-0.4, -0.2) is 22.2 Å². The summed E-state index contributed by atoms with van der Waals surface area (Å²) in [5.41, 5.74) is -1.93. The molecule has 0 amide bonds. The van der Waals surface area contributed by atoms with Gasteiger partial charge in [-0.15, -0.1) is 0 Å². The molecule has 2 N–H and O–H groups in total. The largest absolute Gasteiger partial charge is 0.481 e. The number of carboxylic acid groups (broad SMARTS) is 2. The highest BCUT2D eigenvalue weighted by Gasteiger charge is 2.50. The SMILES string of the molecule is CCCCCCCCCCCCC1(C(=O)O)C=CCC(CCCCCC)(C(=O)O)C1. The number of hydrogen-bond acceptors (Lipinski definition) is 2. The average molecular weight is 423 g/mol. The summed E-state index contributed by atoms with van der Waals surface area (Å²) < 4.78 is 0. The van der Waals surface area contributed by atoms with Gasteiger partial charge in [-0.05, 0) is 25.7 Å². The Bertz CT molecular complexity index is 527. The van der Waals surface area contributed by atoms with E-state index in [9.17, 15) is 19.8 Å². The van der Waals surface area contributed by atoms with Crippen LogP contribution in [0.4, 0.5) is 0 Å². The van der Waals surface area contributed by atoms with Gasteiger partial charge in [-0.25, -0.2) is 0 Å². The molecule has 1 aliphatic carbocycles. The molecule has 0 aromatic rings. The highest BCUT2D eigenvalue weighted by atomic mass is 16.4. The molecule has 0 spiro atoms. The van der Waals surface area contributed by atoms with Crippen molar-refractivity contribution in [2.24, 2.45) is 10.8 Å². The van der Waals surface area contributed by atoms with Crippen LogP contribution in [0.2, 0.25) is 0 Å². The quantitative estimate of drug-likeness (QED) is 0.175. The fourth-order valence-corrected chi connectivity index (χ4v) is 4.95. The third-order valence-corrected chi connectivity index (χ3v) is 6.96. The molecule has 30 heavy (non-hydrogen) atoms. The third kappa shape index (κ3) is 8.81. The minimum Gasteiger partial charge on any atom is -0.481 e. The number of allylic oxidation sites excluding steroid dienone is 1. The summed E-state index contributed by atoms with van der Waals surface area (Å²) in [4.78, 5) is 24.4. The van der Waals surface area contributed by atoms with E-state index in [2.05, 4.69) is 13.8 Å². The van der Waals surface area contributed by atoms with E-state index in [1.807, 2.05) is 6.08 Å². The first-order valence-electron chi connectivity index (χ1n) is 12.6. The molecule has 0 heterocycles. The summed E-state index contributed by atoms with van der Waals surface area (Å²) in [6.45, 7) is 4.37. The Hall–Kier alpha value is -1.32. The maximum Gasteiger partial charge on any atom is 0.313 e. The van der Waals surface area contributed by atoms with Crippen LogP contribution in [0.5, 0.6) is 0 Å². The number of carboxylic acids is 2. The number of carbonyl (C=O) groups is 2. The zero-order valence-corrected chi connectivity index (χ0v) is 19.6. The van der Waals surface area contributed by atoms with Crippen molar-refractivity contribution < 1.29 is 19.8 Å². The average Bonchev–Trinajstić information content (AvgIpc) is 2.72. The van der Waals surface area contributed by atoms with Gasteiger partial charge in [-0.1, -0.05) is 116 Å². The minimum absolute atomic E-state index is 0.241. The van der Waals surface area contributed by atoms with Crippen molar-refractivity contribution in [1.82, 2.24) is 0 Å². The lowest BCUT2D eigenvalue weighted by atomic mass is 9.62. The molecule has 0 saturated heterocycles. The van der Waals surface area contributed by atoms with E-state index in [1.54, 1.807) is 6.08 Å². The monoisotopic (exact) mass is 422 g/mol. The van der Waals surface area contributed by atoms with E-state index in [4.69, 9.17) is 0 Å². The number of unbranched alkanes of at least 4 members (excludes halogenated alkanes) is 12. The molecule has 0 bridgehead atoms. The van der Waals surface area contributed by atoms with Crippen molar-refractivity contribution in [2.45, 2.75) is 129 Å². The fourth-order valence-electron chi connectivity index (χ4n) is 4.95. The van der Waals surface area contributed by atoms with Crippen LogP contribution in [0.15, 0.2) is 12.2 Å². The lowest BCUT2D eigenvalue weighted by Gasteiger charge is -2.40. The molecule has 1 aliphatic rings. The molecule has 0 radical (unpaired) electrons. The molecule has 0 saturated carbocycles. The van der Waals surface area contributed by atoms with Crippen molar-refractivity contribution in [1.29, 1.82) is 0 Å². The van der Waals surface area contributed by atoms with Crippen LogP contribution < -0.4 is 0 Å². The molecular formula is C26H46O4. The Morgan fingerprint density at radius 1 is 0.700 bits per heavy atom. The van der Waals surface area contributed by atoms with Gasteiger partial charge in [-0.2, -0.15) is 0 Å². The van der Waals surface area contributed by atoms with E-state index >= 15 is 0 Å². The van der Waals surface area contributed by atoms with E-state index < -0.39 is 22.8 Å². The molecule has 0 aromatic carbocycles. The Kier molecular flexibility index (Phi) is 13.0. The van der Waals surface area contributed by atoms with Crippen LogP contribution in [0.25, 0.3) is 0 Å². The topological polar surface area (TPSA) is 74.6 Å². The molecule has 0 fully saturated rings. The van der Waals surface area contributed by atoms with Crippen LogP contribution in [-0.2, 0) is 9.59 Å². The zero-order valence-electron chi connectivity index (χ0n) is 19.6. The summed E-state index contributed by atoms with van der Waals surface area (Å²) in [7, 11) is 0. The van der Waals surface area contributed by atoms with Gasteiger partial charge in [0.15, 0.2) is 0 Å². The first-order valence-corrected chi connectivity index (χ1v) is 12.6. The van der Waals surface area contributed by atoms with Gasteiger partial charge >= 0.3 is 11.9 Å². The molecule has 4 nitrogen and oxygen atoms in total. The highest BCUT2D eigenvalue weighted by molar-refractivity contribution is 5.81. The molecule has 1 rings (SSSR count). The number of aliphatic carboxylic acids is 2. The van der Waals surface area contributed by atoms with E-state index in [1.165, 1.54) is 44.9 Å². The van der Waals surface area contributed by atoms with Crippen LogP contribution in [0.3, 0.4) is 0 Å². The lowest BCUT2D eigenvalue weighted by molar-refractivity contribution is -0.157. The molecule has 4 heteroatoms. The van der Waals surface area contributed by atoms with E-state index in [0.29, 0.717) is 19.3 Å². The standard InChI is InChI=1S/C26H46O4/c1-3-5-7-9-10-11-12-13-14-16-19-26(24(29)30)21-17-20-25(22-26,23(27)28)18-15-8-6-4-2/h17,21H,3-16,18-20,22H2,1-2H3,(H,27,28)(H,29,30). The molecule has 2 unspecified atom stereocenters. The summed E-state index contributed by atoms with van der Waals surface area (Å²) in [5.74, 6) is -1.68. The van der Waals surface area contributed by atoms with Crippen molar-refractivity contribution in [3.8, 4) is 0 Å². The second-order valence-electron chi connectivity index (χ2n) is 9.57. The van der Waals surface area contributed by atoms with E-state index in [-0.39, 0.29) is 6.42 Å². The predicted molar refractivity (Wildman–Crippen MR) is 124 cm³/mol. The first kappa shape index (κ1) is 26.7. The van der Waals surface area contributed by atoms with Gasteiger partial charge in [0.05, 0.1) is 10.8 Å². The van der Waals surface area contributed by atoms with Crippen LogP contribution >= 0.6 is 0 Å². The van der Waals surface area contributed by atoms with Crippen molar-refractivity contribution in [2.75, 3.05) is 0 Å². The Morgan fingerprint density at radius 2 is 1.17 bits per heavy atom. The first-order chi connectivity index (χ1) is 14.4. The number of rotatable bonds is 18. The van der Waals surface area contributed by atoms with Gasteiger partial charge in [0.1, 0.15) is 0 Å². The van der Waals surface area contributed by atoms with Crippen molar-refractivity contribution in [3.05, 3.63) is 12.2 Å². The lowest BCUT2D eigenvalue weighted by Crippen LogP contribution is -2.43. The van der Waals surface area contributed by atoms with Gasteiger partial charge in [0.25, 0.3) is 0 Å². The summed E-state index contributed by atoms with van der Waals surface area (Å²) >= 11 is 0. The Balaban J connectivity index is 2.51. The van der Waals surface area contributed by atoms with Crippen LogP contribution in [0, 0.1) is 10.8 Å². The summed E-state index contributed by atoms with van der Waals surface area (Å²) in [6.07, 6.45) is 21.7. The molecule has 2 atom stereocenters. The van der Waals surface area contributed by atoms with Gasteiger partial charge < -0.3 is 10.2 Å². The molecule has 174 valence electrons. The third-order valence-electron chi connectivity index (χ3n) is 6.96. The molecule has 0 aliphatic heterocycles. The van der Waals surface area contributed by atoms with Gasteiger partial charge in [0.2, 0.25) is 0 Å². The van der Waals surface area contributed by atoms with Gasteiger partial charge in [-0.3, -0.25) is 9.59 Å². The maximum absolute atomic E-state index is 12.2. The Morgan fingerprint density at radius 3 is 1.67 bits per heavy atom. The predicted octanol–water partition coefficient (Wildman–Crippen LogP) is 7.76. The highest BCUT2D eigenvalue weighted by Crippen LogP contribution is 2.48.